The van der Waals surface area contributed by atoms with E-state index in [0.29, 0.717) is 25.4 Å². The van der Waals surface area contributed by atoms with Crippen molar-refractivity contribution in [2.45, 2.75) is 51.4 Å². The van der Waals surface area contributed by atoms with E-state index in [1.54, 1.807) is 14.2 Å². The molecule has 0 bridgehead atoms. The molecule has 1 aromatic rings. The van der Waals surface area contributed by atoms with Crippen LogP contribution in [0.5, 0.6) is 11.5 Å². The molecule has 1 saturated carbocycles. The van der Waals surface area contributed by atoms with Gasteiger partial charge in [-0.05, 0) is 42.4 Å². The van der Waals surface area contributed by atoms with Gasteiger partial charge in [-0.3, -0.25) is 4.79 Å². The van der Waals surface area contributed by atoms with Crippen molar-refractivity contribution in [3.05, 3.63) is 23.3 Å². The average Bonchev–Trinajstić information content (AvgIpc) is 2.59. The molecule has 0 aliphatic heterocycles. The normalized spacial score (nSPS) is 19.2. The van der Waals surface area contributed by atoms with E-state index in [9.17, 15) is 4.79 Å². The van der Waals surface area contributed by atoms with Crippen LogP contribution in [0.3, 0.4) is 0 Å². The van der Waals surface area contributed by atoms with Crippen molar-refractivity contribution in [2.24, 2.45) is 5.41 Å². The predicted molar refractivity (Wildman–Crippen MR) is 93.2 cm³/mol. The number of hydrogen-bond acceptors (Lipinski definition) is 4. The first kappa shape index (κ1) is 17.3. The summed E-state index contributed by atoms with van der Waals surface area (Å²) < 4.78 is 16.4. The van der Waals surface area contributed by atoms with Gasteiger partial charge in [-0.25, -0.2) is 0 Å². The Morgan fingerprint density at radius 2 is 1.79 bits per heavy atom. The summed E-state index contributed by atoms with van der Waals surface area (Å²) in [6, 6.07) is 3.91. The molecule has 3 rings (SSSR count). The van der Waals surface area contributed by atoms with Gasteiger partial charge < -0.3 is 14.2 Å². The van der Waals surface area contributed by atoms with Crippen molar-refractivity contribution in [1.82, 2.24) is 0 Å². The molecule has 0 amide bonds. The highest BCUT2D eigenvalue weighted by Crippen LogP contribution is 2.48. The van der Waals surface area contributed by atoms with Crippen molar-refractivity contribution >= 4 is 5.78 Å². The maximum Gasteiger partial charge on any atom is 0.163 e. The number of rotatable bonds is 6. The topological polar surface area (TPSA) is 44.8 Å². The Morgan fingerprint density at radius 1 is 1.00 bits per heavy atom. The predicted octanol–water partition coefficient (Wildman–Crippen LogP) is 4.19. The highest BCUT2D eigenvalue weighted by molar-refractivity contribution is 5.99. The summed E-state index contributed by atoms with van der Waals surface area (Å²) in [5.41, 5.74) is 2.15. The van der Waals surface area contributed by atoms with E-state index >= 15 is 0 Å². The number of methoxy groups -OCH3 is 2. The summed E-state index contributed by atoms with van der Waals surface area (Å²) in [6.07, 6.45) is 8.67. The molecular weight excluding hydrogens is 304 g/mol. The smallest absolute Gasteiger partial charge is 0.163 e. The SMILES string of the molecule is COCCCOc1cc2c(cc1OC)C(=O)CC1(CCCCC1)C2. The van der Waals surface area contributed by atoms with E-state index < -0.39 is 0 Å². The van der Waals surface area contributed by atoms with Gasteiger partial charge in [0.15, 0.2) is 17.3 Å². The van der Waals surface area contributed by atoms with Crippen molar-refractivity contribution in [2.75, 3.05) is 27.4 Å². The summed E-state index contributed by atoms with van der Waals surface area (Å²) in [4.78, 5) is 12.7. The molecule has 4 heteroatoms. The molecule has 0 saturated heterocycles. The van der Waals surface area contributed by atoms with Gasteiger partial charge in [0, 0.05) is 32.1 Å². The number of hydrogen-bond donors (Lipinski definition) is 0. The molecule has 0 heterocycles. The fourth-order valence-corrected chi connectivity index (χ4v) is 4.22. The van der Waals surface area contributed by atoms with Crippen LogP contribution in [0.25, 0.3) is 0 Å². The molecular formula is C20H28O4. The molecule has 0 radical (unpaired) electrons. The molecule has 0 unspecified atom stereocenters. The second kappa shape index (κ2) is 7.56. The van der Waals surface area contributed by atoms with Gasteiger partial charge in [0.25, 0.3) is 0 Å². The lowest BCUT2D eigenvalue weighted by Gasteiger charge is -2.40. The lowest BCUT2D eigenvalue weighted by Crippen LogP contribution is -2.34. The van der Waals surface area contributed by atoms with E-state index in [4.69, 9.17) is 14.2 Å². The van der Waals surface area contributed by atoms with E-state index in [0.717, 1.165) is 29.7 Å². The molecule has 24 heavy (non-hydrogen) atoms. The standard InChI is InChI=1S/C20H28O4/c1-22-9-6-10-24-19-11-15-13-20(7-4-3-5-8-20)14-17(21)16(15)12-18(19)23-2/h11-12H,3-10,13-14H2,1-2H3. The zero-order chi connectivity index (χ0) is 17.0. The number of benzene rings is 1. The first-order valence-corrected chi connectivity index (χ1v) is 9.03. The number of carbonyl (C=O) groups is 1. The number of Topliss-reactive ketones (excluding diaryl/α,β-unsaturated/α-hetero) is 1. The Morgan fingerprint density at radius 3 is 2.50 bits per heavy atom. The third-order valence-corrected chi connectivity index (χ3v) is 5.46. The van der Waals surface area contributed by atoms with Crippen molar-refractivity contribution in [3.63, 3.8) is 0 Å². The van der Waals surface area contributed by atoms with Gasteiger partial charge in [-0.2, -0.15) is 0 Å². The first-order valence-electron chi connectivity index (χ1n) is 9.03. The summed E-state index contributed by atoms with van der Waals surface area (Å²) in [7, 11) is 3.31. The molecule has 2 aliphatic rings. The Balaban J connectivity index is 1.83. The number of fused-ring (bicyclic) bond motifs is 1. The molecule has 2 aliphatic carbocycles. The largest absolute Gasteiger partial charge is 0.493 e. The van der Waals surface area contributed by atoms with Crippen LogP contribution in [0.15, 0.2) is 12.1 Å². The van der Waals surface area contributed by atoms with Gasteiger partial charge in [0.2, 0.25) is 0 Å². The van der Waals surface area contributed by atoms with Crippen molar-refractivity contribution in [1.29, 1.82) is 0 Å². The summed E-state index contributed by atoms with van der Waals surface area (Å²) >= 11 is 0. The number of carbonyl (C=O) groups excluding carboxylic acids is 1. The van der Waals surface area contributed by atoms with Crippen LogP contribution in [0.1, 0.15) is 60.9 Å². The van der Waals surface area contributed by atoms with E-state index in [1.165, 1.54) is 32.1 Å². The van der Waals surface area contributed by atoms with Gasteiger partial charge in [0.1, 0.15) is 0 Å². The van der Waals surface area contributed by atoms with E-state index in [2.05, 4.69) is 0 Å². The maximum atomic E-state index is 12.7. The molecule has 0 aromatic heterocycles. The fraction of sp³-hybridized carbons (Fsp3) is 0.650. The van der Waals surface area contributed by atoms with E-state index in [1.807, 2.05) is 12.1 Å². The summed E-state index contributed by atoms with van der Waals surface area (Å²) in [5.74, 6) is 1.66. The molecule has 1 spiro atoms. The average molecular weight is 332 g/mol. The lowest BCUT2D eigenvalue weighted by atomic mass is 9.63. The maximum absolute atomic E-state index is 12.7. The Bertz CT molecular complexity index is 588. The number of ether oxygens (including phenoxy) is 3. The van der Waals surface area contributed by atoms with Crippen LogP contribution in [-0.4, -0.2) is 33.2 Å². The quantitative estimate of drug-likeness (QED) is 0.733. The number of ketones is 1. The lowest BCUT2D eigenvalue weighted by molar-refractivity contribution is 0.0821. The van der Waals surface area contributed by atoms with Crippen molar-refractivity contribution in [3.8, 4) is 11.5 Å². The summed E-state index contributed by atoms with van der Waals surface area (Å²) in [5, 5.41) is 0. The molecule has 1 fully saturated rings. The molecule has 0 N–H and O–H groups in total. The van der Waals surface area contributed by atoms with E-state index in [-0.39, 0.29) is 11.2 Å². The Hall–Kier alpha value is -1.55. The minimum absolute atomic E-state index is 0.185. The second-order valence-corrected chi connectivity index (χ2v) is 7.19. The third kappa shape index (κ3) is 3.59. The van der Waals surface area contributed by atoms with Crippen LogP contribution < -0.4 is 9.47 Å². The van der Waals surface area contributed by atoms with Gasteiger partial charge in [-0.15, -0.1) is 0 Å². The fourth-order valence-electron chi connectivity index (χ4n) is 4.22. The van der Waals surface area contributed by atoms with Crippen LogP contribution in [-0.2, 0) is 11.2 Å². The third-order valence-electron chi connectivity index (χ3n) is 5.46. The zero-order valence-electron chi connectivity index (χ0n) is 14.9. The minimum atomic E-state index is 0.185. The van der Waals surface area contributed by atoms with Crippen LogP contribution in [0.2, 0.25) is 0 Å². The first-order chi connectivity index (χ1) is 11.7. The highest BCUT2D eigenvalue weighted by Gasteiger charge is 2.39. The second-order valence-electron chi connectivity index (χ2n) is 7.19. The molecule has 0 atom stereocenters. The Labute approximate surface area is 144 Å². The van der Waals surface area contributed by atoms with Crippen LogP contribution in [0.4, 0.5) is 0 Å². The summed E-state index contributed by atoms with van der Waals surface area (Å²) in [6.45, 7) is 1.26. The van der Waals surface area contributed by atoms with Gasteiger partial charge in [0.05, 0.1) is 13.7 Å². The molecule has 1 aromatic carbocycles. The monoisotopic (exact) mass is 332 g/mol. The Kier molecular flexibility index (Phi) is 5.44. The van der Waals surface area contributed by atoms with Crippen LogP contribution >= 0.6 is 0 Å². The van der Waals surface area contributed by atoms with Gasteiger partial charge >= 0.3 is 0 Å². The van der Waals surface area contributed by atoms with Gasteiger partial charge in [-0.1, -0.05) is 19.3 Å². The zero-order valence-corrected chi connectivity index (χ0v) is 14.9. The minimum Gasteiger partial charge on any atom is -0.493 e. The van der Waals surface area contributed by atoms with Crippen molar-refractivity contribution < 1.29 is 19.0 Å². The van der Waals surface area contributed by atoms with Crippen LogP contribution in [0, 0.1) is 5.41 Å². The highest BCUT2D eigenvalue weighted by atomic mass is 16.5. The molecule has 132 valence electrons. The molecule has 4 nitrogen and oxygen atoms in total.